The Morgan fingerprint density at radius 2 is 2.27 bits per heavy atom. The van der Waals surface area contributed by atoms with E-state index in [-0.39, 0.29) is 6.10 Å². The minimum atomic E-state index is 0.195. The molecule has 1 aliphatic heterocycles. The van der Waals surface area contributed by atoms with Gasteiger partial charge in [-0.2, -0.15) is 0 Å². The molecular weight excluding hydrogens is 192 g/mol. The predicted octanol–water partition coefficient (Wildman–Crippen LogP) is 0.459. The van der Waals surface area contributed by atoms with Gasteiger partial charge in [0, 0.05) is 25.7 Å². The van der Waals surface area contributed by atoms with E-state index in [2.05, 4.69) is 25.7 Å². The maximum absolute atomic E-state index is 5.60. The minimum Gasteiger partial charge on any atom is -0.377 e. The van der Waals surface area contributed by atoms with Gasteiger partial charge in [0.15, 0.2) is 0 Å². The van der Waals surface area contributed by atoms with Gasteiger partial charge in [0.1, 0.15) is 0 Å². The van der Waals surface area contributed by atoms with Crippen LogP contribution < -0.4 is 5.73 Å². The molecule has 0 aromatic carbocycles. The summed E-state index contributed by atoms with van der Waals surface area (Å²) >= 11 is 0. The van der Waals surface area contributed by atoms with Crippen LogP contribution in [0.2, 0.25) is 0 Å². The van der Waals surface area contributed by atoms with Gasteiger partial charge in [-0.05, 0) is 20.8 Å². The summed E-state index contributed by atoms with van der Waals surface area (Å²) in [5.41, 5.74) is 5.60. The lowest BCUT2D eigenvalue weighted by Crippen LogP contribution is -2.51. The van der Waals surface area contributed by atoms with Crippen molar-refractivity contribution >= 4 is 0 Å². The Balaban J connectivity index is 2.25. The lowest BCUT2D eigenvalue weighted by Gasteiger charge is -2.37. The number of hydrogen-bond donors (Lipinski definition) is 1. The fourth-order valence-electron chi connectivity index (χ4n) is 1.73. The first-order valence-electron chi connectivity index (χ1n) is 5.80. The Morgan fingerprint density at radius 1 is 1.53 bits per heavy atom. The largest absolute Gasteiger partial charge is 0.377 e. The van der Waals surface area contributed by atoms with Crippen molar-refractivity contribution in [1.82, 2.24) is 4.90 Å². The third-order valence-electron chi connectivity index (χ3n) is 2.73. The fraction of sp³-hybridized carbons (Fsp3) is 1.00. The zero-order valence-electron chi connectivity index (χ0n) is 10.1. The first kappa shape index (κ1) is 12.9. The minimum absolute atomic E-state index is 0.195. The molecule has 90 valence electrons. The summed E-state index contributed by atoms with van der Waals surface area (Å²) in [6, 6.07) is 0.476. The Morgan fingerprint density at radius 3 is 2.87 bits per heavy atom. The molecule has 0 saturated carbocycles. The van der Waals surface area contributed by atoms with Crippen LogP contribution in [0.4, 0.5) is 0 Å². The molecule has 0 spiro atoms. The zero-order chi connectivity index (χ0) is 11.3. The van der Waals surface area contributed by atoms with E-state index < -0.39 is 0 Å². The van der Waals surface area contributed by atoms with Crippen LogP contribution in [-0.2, 0) is 9.47 Å². The van der Waals surface area contributed by atoms with Crippen molar-refractivity contribution in [3.63, 3.8) is 0 Å². The molecule has 1 heterocycles. The molecule has 0 aromatic heterocycles. The van der Waals surface area contributed by atoms with Crippen molar-refractivity contribution < 1.29 is 9.47 Å². The lowest BCUT2D eigenvalue weighted by atomic mass is 10.2. The van der Waals surface area contributed by atoms with Gasteiger partial charge in [-0.3, -0.25) is 4.90 Å². The van der Waals surface area contributed by atoms with Gasteiger partial charge < -0.3 is 15.2 Å². The Kier molecular flexibility index (Phi) is 5.53. The van der Waals surface area contributed by atoms with E-state index in [0.717, 1.165) is 26.3 Å². The highest BCUT2D eigenvalue weighted by Crippen LogP contribution is 2.10. The van der Waals surface area contributed by atoms with E-state index in [0.29, 0.717) is 18.7 Å². The number of nitrogens with zero attached hydrogens (tertiary/aromatic N) is 1. The summed E-state index contributed by atoms with van der Waals surface area (Å²) in [5, 5.41) is 0. The van der Waals surface area contributed by atoms with E-state index in [1.807, 2.05) is 0 Å². The second kappa shape index (κ2) is 6.43. The molecule has 2 atom stereocenters. The number of hydrogen-bond acceptors (Lipinski definition) is 4. The standard InChI is InChI=1S/C11H24N2O2/c1-9(2)14-5-4-13-7-11(6-12)15-8-10(13)3/h9-11H,4-8,12H2,1-3H3. The van der Waals surface area contributed by atoms with Gasteiger partial charge >= 0.3 is 0 Å². The molecule has 0 amide bonds. The Hall–Kier alpha value is -0.160. The van der Waals surface area contributed by atoms with Gasteiger partial charge in [-0.15, -0.1) is 0 Å². The second-order valence-electron chi connectivity index (χ2n) is 4.45. The molecule has 0 aromatic rings. The van der Waals surface area contributed by atoms with Crippen LogP contribution in [-0.4, -0.2) is 56.0 Å². The van der Waals surface area contributed by atoms with Crippen molar-refractivity contribution in [3.8, 4) is 0 Å². The number of ether oxygens (including phenoxy) is 2. The third-order valence-corrected chi connectivity index (χ3v) is 2.73. The summed E-state index contributed by atoms with van der Waals surface area (Å²) in [6.07, 6.45) is 0.506. The smallest absolute Gasteiger partial charge is 0.0824 e. The summed E-state index contributed by atoms with van der Waals surface area (Å²) < 4.78 is 11.1. The van der Waals surface area contributed by atoms with Crippen LogP contribution >= 0.6 is 0 Å². The molecule has 1 aliphatic rings. The van der Waals surface area contributed by atoms with Gasteiger partial charge in [0.25, 0.3) is 0 Å². The summed E-state index contributed by atoms with van der Waals surface area (Å²) in [6.45, 7) is 10.4. The van der Waals surface area contributed by atoms with E-state index in [1.54, 1.807) is 0 Å². The highest BCUT2D eigenvalue weighted by molar-refractivity contribution is 4.77. The monoisotopic (exact) mass is 216 g/mol. The van der Waals surface area contributed by atoms with Crippen molar-refractivity contribution in [2.24, 2.45) is 5.73 Å². The first-order valence-corrected chi connectivity index (χ1v) is 5.80. The molecule has 1 saturated heterocycles. The highest BCUT2D eigenvalue weighted by atomic mass is 16.5. The van der Waals surface area contributed by atoms with Crippen molar-refractivity contribution in [3.05, 3.63) is 0 Å². The predicted molar refractivity (Wildman–Crippen MR) is 60.9 cm³/mol. The van der Waals surface area contributed by atoms with Crippen molar-refractivity contribution in [2.75, 3.05) is 32.8 Å². The number of rotatable bonds is 5. The summed E-state index contributed by atoms with van der Waals surface area (Å²) in [5.74, 6) is 0. The molecule has 0 bridgehead atoms. The van der Waals surface area contributed by atoms with Crippen LogP contribution in [0.3, 0.4) is 0 Å². The second-order valence-corrected chi connectivity index (χ2v) is 4.45. The van der Waals surface area contributed by atoms with Crippen LogP contribution in [0.5, 0.6) is 0 Å². The van der Waals surface area contributed by atoms with Gasteiger partial charge in [0.05, 0.1) is 25.4 Å². The molecule has 1 fully saturated rings. The number of nitrogens with two attached hydrogens (primary N) is 1. The topological polar surface area (TPSA) is 47.7 Å². The molecule has 0 radical (unpaired) electrons. The molecule has 0 aliphatic carbocycles. The first-order chi connectivity index (χ1) is 7.13. The zero-order valence-corrected chi connectivity index (χ0v) is 10.1. The van der Waals surface area contributed by atoms with Crippen LogP contribution in [0, 0.1) is 0 Å². The summed E-state index contributed by atoms with van der Waals surface area (Å²) in [4.78, 5) is 2.39. The molecular formula is C11H24N2O2. The van der Waals surface area contributed by atoms with Crippen molar-refractivity contribution in [1.29, 1.82) is 0 Å². The molecule has 4 nitrogen and oxygen atoms in total. The maximum Gasteiger partial charge on any atom is 0.0824 e. The summed E-state index contributed by atoms with van der Waals surface area (Å²) in [7, 11) is 0. The lowest BCUT2D eigenvalue weighted by molar-refractivity contribution is -0.0635. The highest BCUT2D eigenvalue weighted by Gasteiger charge is 2.24. The van der Waals surface area contributed by atoms with Crippen LogP contribution in [0.15, 0.2) is 0 Å². The fourth-order valence-corrected chi connectivity index (χ4v) is 1.73. The molecule has 2 unspecified atom stereocenters. The van der Waals surface area contributed by atoms with Crippen LogP contribution in [0.1, 0.15) is 20.8 Å². The molecule has 1 rings (SSSR count). The maximum atomic E-state index is 5.60. The van der Waals surface area contributed by atoms with E-state index in [4.69, 9.17) is 15.2 Å². The Bertz CT molecular complexity index is 176. The van der Waals surface area contributed by atoms with Crippen LogP contribution in [0.25, 0.3) is 0 Å². The van der Waals surface area contributed by atoms with Gasteiger partial charge in [0.2, 0.25) is 0 Å². The SMILES string of the molecule is CC(C)OCCN1CC(CN)OCC1C. The molecule has 2 N–H and O–H groups in total. The van der Waals surface area contributed by atoms with Gasteiger partial charge in [-0.1, -0.05) is 0 Å². The van der Waals surface area contributed by atoms with Crippen molar-refractivity contribution in [2.45, 2.75) is 39.0 Å². The van der Waals surface area contributed by atoms with E-state index >= 15 is 0 Å². The van der Waals surface area contributed by atoms with E-state index in [9.17, 15) is 0 Å². The van der Waals surface area contributed by atoms with E-state index in [1.165, 1.54) is 0 Å². The van der Waals surface area contributed by atoms with Gasteiger partial charge in [-0.25, -0.2) is 0 Å². The quantitative estimate of drug-likeness (QED) is 0.725. The average molecular weight is 216 g/mol. The molecule has 15 heavy (non-hydrogen) atoms. The third kappa shape index (κ3) is 4.47. The Labute approximate surface area is 92.7 Å². The average Bonchev–Trinajstić information content (AvgIpc) is 2.20. The normalized spacial score (nSPS) is 28.6. The number of morpholine rings is 1. The molecule has 4 heteroatoms.